The number of carboxylic acids is 2. The molecule has 0 radical (unpaired) electrons. The van der Waals surface area contributed by atoms with Gasteiger partial charge in [0.05, 0.1) is 23.7 Å². The summed E-state index contributed by atoms with van der Waals surface area (Å²) in [5.41, 5.74) is 0. The van der Waals surface area contributed by atoms with Crippen LogP contribution in [0.2, 0.25) is 0 Å². The number of carboxylic acid groups (broad SMARTS) is 2. The zero-order chi connectivity index (χ0) is 69.2. The number of allylic oxidation sites excluding steroid dienone is 4. The van der Waals surface area contributed by atoms with Crippen LogP contribution in [0.15, 0.2) is 153 Å². The lowest BCUT2D eigenvalue weighted by Crippen LogP contribution is -2.37. The van der Waals surface area contributed by atoms with Crippen molar-refractivity contribution in [2.24, 2.45) is 23.7 Å². The number of esters is 5. The van der Waals surface area contributed by atoms with E-state index in [1.807, 2.05) is 99.6 Å². The minimum atomic E-state index is -1.04. The summed E-state index contributed by atoms with van der Waals surface area (Å²) in [5.74, 6) is -6.71. The van der Waals surface area contributed by atoms with Gasteiger partial charge in [-0.3, -0.25) is 19.2 Å². The first kappa shape index (κ1) is 92.2. The average molecular weight is 1250 g/mol. The lowest BCUT2D eigenvalue weighted by atomic mass is 9.83. The fourth-order valence-corrected chi connectivity index (χ4v) is 6.31. The highest BCUT2D eigenvalue weighted by molar-refractivity contribution is 5.84. The van der Waals surface area contributed by atoms with Crippen molar-refractivity contribution in [3.8, 4) is 17.2 Å². The standard InChI is InChI=1S/2C20H22O7.C12H14O4.3C3H8.5C2H6/c2*1-2-18(21)26-13-15(12-25-14-8-4-3-5-9-14)27-20(24)17-11-7-6-10-16(17)19(22)23;1-2-12(14)16-9-10(13)8-15-11-6-4-3-5-7-11;3*1-3-2;5*1-2/h2*2-9,15-17H,1,10-13H2,(H,22,23);2-7,10,13H,1,8-9H2;3*3H2,1-2H3;5*1-2H3. The Morgan fingerprint density at radius 3 is 0.888 bits per heavy atom. The van der Waals surface area contributed by atoms with E-state index in [4.69, 9.17) is 33.2 Å². The van der Waals surface area contributed by atoms with Crippen molar-refractivity contribution in [2.45, 2.75) is 174 Å². The summed E-state index contributed by atoms with van der Waals surface area (Å²) in [6, 6.07) is 26.9. The van der Waals surface area contributed by atoms with E-state index in [9.17, 15) is 48.9 Å². The highest BCUT2D eigenvalue weighted by atomic mass is 16.6. The van der Waals surface area contributed by atoms with Crippen molar-refractivity contribution < 1.29 is 86.8 Å². The van der Waals surface area contributed by atoms with E-state index < -0.39 is 83.8 Å². The molecule has 0 saturated carbocycles. The van der Waals surface area contributed by atoms with Gasteiger partial charge in [-0.25, -0.2) is 14.4 Å². The second kappa shape index (κ2) is 67.5. The quantitative estimate of drug-likeness (QED) is 0.0326. The Hall–Kier alpha value is -7.99. The smallest absolute Gasteiger partial charge is 0.330 e. The number of ether oxygens (including phenoxy) is 8. The number of aliphatic hydroxyl groups excluding tert-OH is 1. The Bertz CT molecular complexity index is 2140. The molecule has 0 bridgehead atoms. The molecule has 2 aliphatic rings. The van der Waals surface area contributed by atoms with Gasteiger partial charge in [0.15, 0.2) is 12.2 Å². The molecule has 0 heterocycles. The van der Waals surface area contributed by atoms with Crippen LogP contribution < -0.4 is 14.2 Å². The number of carbonyl (C=O) groups excluding carboxylic acids is 5. The second-order valence-corrected chi connectivity index (χ2v) is 17.3. The molecule has 3 aromatic rings. The van der Waals surface area contributed by atoms with Gasteiger partial charge in [0.1, 0.15) is 63.0 Å². The molecule has 504 valence electrons. The molecule has 0 fully saturated rings. The molecule has 3 aromatic carbocycles. The summed E-state index contributed by atoms with van der Waals surface area (Å²) in [6.45, 7) is 42.1. The third kappa shape index (κ3) is 50.7. The monoisotopic (exact) mass is 1250 g/mol. The predicted octanol–water partition coefficient (Wildman–Crippen LogP) is 15.3. The highest BCUT2D eigenvalue weighted by Crippen LogP contribution is 2.29. The molecule has 0 spiro atoms. The number of carbonyl (C=O) groups is 7. The van der Waals surface area contributed by atoms with Crippen molar-refractivity contribution in [2.75, 3.05) is 39.6 Å². The molecule has 0 aliphatic heterocycles. The zero-order valence-electron chi connectivity index (χ0n) is 56.5. The van der Waals surface area contributed by atoms with Gasteiger partial charge >= 0.3 is 41.8 Å². The number of para-hydroxylation sites is 3. The Morgan fingerprint density at radius 2 is 0.640 bits per heavy atom. The van der Waals surface area contributed by atoms with Crippen LogP contribution >= 0.6 is 0 Å². The lowest BCUT2D eigenvalue weighted by Gasteiger charge is -2.26. The molecule has 89 heavy (non-hydrogen) atoms. The van der Waals surface area contributed by atoms with Crippen LogP contribution in [-0.2, 0) is 57.2 Å². The van der Waals surface area contributed by atoms with Gasteiger partial charge in [-0.1, -0.05) is 229 Å². The predicted molar refractivity (Wildman–Crippen MR) is 356 cm³/mol. The van der Waals surface area contributed by atoms with Crippen LogP contribution in [0.4, 0.5) is 0 Å². The third-order valence-corrected chi connectivity index (χ3v) is 9.96. The molecule has 3 N–H and O–H groups in total. The van der Waals surface area contributed by atoms with Crippen LogP contribution in [0.25, 0.3) is 0 Å². The van der Waals surface area contributed by atoms with Crippen LogP contribution in [0.5, 0.6) is 17.2 Å². The molecule has 2 aliphatic carbocycles. The summed E-state index contributed by atoms with van der Waals surface area (Å²) in [4.78, 5) is 81.1. The summed E-state index contributed by atoms with van der Waals surface area (Å²) in [7, 11) is 0. The van der Waals surface area contributed by atoms with Crippen molar-refractivity contribution in [1.82, 2.24) is 0 Å². The van der Waals surface area contributed by atoms with Gasteiger partial charge in [0.25, 0.3) is 0 Å². The van der Waals surface area contributed by atoms with Gasteiger partial charge in [-0.05, 0) is 62.1 Å². The largest absolute Gasteiger partial charge is 0.491 e. The minimum Gasteiger partial charge on any atom is -0.491 e. The normalized spacial score (nSPS) is 14.9. The maximum absolute atomic E-state index is 12.5. The van der Waals surface area contributed by atoms with Gasteiger partial charge in [-0.15, -0.1) is 0 Å². The topological polar surface area (TPSA) is 254 Å². The molecule has 7 unspecified atom stereocenters. The third-order valence-electron chi connectivity index (χ3n) is 9.96. The Balaban J connectivity index is -0.000000259. The highest BCUT2D eigenvalue weighted by Gasteiger charge is 2.38. The van der Waals surface area contributed by atoms with Gasteiger partial charge < -0.3 is 53.2 Å². The molecule has 0 amide bonds. The van der Waals surface area contributed by atoms with Crippen LogP contribution in [0.3, 0.4) is 0 Å². The number of benzene rings is 3. The number of hydrogen-bond acceptors (Lipinski definition) is 16. The molecule has 18 heteroatoms. The summed E-state index contributed by atoms with van der Waals surface area (Å²) >= 11 is 0. The number of hydrogen-bond donors (Lipinski definition) is 3. The van der Waals surface area contributed by atoms with Crippen molar-refractivity contribution >= 4 is 41.8 Å². The van der Waals surface area contributed by atoms with E-state index in [0.29, 0.717) is 17.2 Å². The van der Waals surface area contributed by atoms with Crippen molar-refractivity contribution in [1.29, 1.82) is 0 Å². The maximum atomic E-state index is 12.5. The van der Waals surface area contributed by atoms with Crippen LogP contribution in [0, 0.1) is 23.7 Å². The van der Waals surface area contributed by atoms with E-state index in [1.54, 1.807) is 85.0 Å². The summed E-state index contributed by atoms with van der Waals surface area (Å²) in [6.07, 6.45) is 12.3. The second-order valence-electron chi connectivity index (χ2n) is 17.3. The SMILES string of the molecule is C=CC(=O)OCC(COc1ccccc1)OC(=O)C1CC=CCC1C(=O)O.C=CC(=O)OCC(COc1ccccc1)OC(=O)C1CC=CCC1C(=O)O.C=CC(=O)OCC(O)COc1ccccc1.CC.CC.CC.CC.CC.CCC.CCC.CCC. The first-order valence-corrected chi connectivity index (χ1v) is 31.2. The average Bonchev–Trinajstić information content (AvgIpc) is 2.43. The number of aliphatic hydroxyl groups is 1. The van der Waals surface area contributed by atoms with Gasteiger partial charge in [-0.2, -0.15) is 0 Å². The van der Waals surface area contributed by atoms with Gasteiger partial charge in [0.2, 0.25) is 0 Å². The molecule has 0 saturated heterocycles. The first-order valence-electron chi connectivity index (χ1n) is 31.2. The molecule has 7 atom stereocenters. The zero-order valence-corrected chi connectivity index (χ0v) is 56.5. The van der Waals surface area contributed by atoms with E-state index in [1.165, 1.54) is 19.3 Å². The first-order chi connectivity index (χ1) is 43.0. The number of aliphatic carboxylic acids is 2. The van der Waals surface area contributed by atoms with E-state index >= 15 is 0 Å². The Morgan fingerprint density at radius 1 is 0.404 bits per heavy atom. The summed E-state index contributed by atoms with van der Waals surface area (Å²) < 4.78 is 41.8. The van der Waals surface area contributed by atoms with E-state index in [2.05, 4.69) is 66.0 Å². The fourth-order valence-electron chi connectivity index (χ4n) is 6.31. The molecular weight excluding hydrogens is 1140 g/mol. The van der Waals surface area contributed by atoms with Crippen molar-refractivity contribution in [3.63, 3.8) is 0 Å². The molecule has 18 nitrogen and oxygen atoms in total. The summed E-state index contributed by atoms with van der Waals surface area (Å²) in [5, 5.41) is 28.0. The molecule has 0 aromatic heterocycles. The lowest BCUT2D eigenvalue weighted by molar-refractivity contribution is -0.167. The van der Waals surface area contributed by atoms with Gasteiger partial charge in [0, 0.05) is 18.2 Å². The molecule has 5 rings (SSSR count). The maximum Gasteiger partial charge on any atom is 0.330 e. The molecular formula is C71H112O18. The van der Waals surface area contributed by atoms with E-state index in [0.717, 1.165) is 18.2 Å². The fraction of sp³-hybridized carbons (Fsp3) is 0.507. The van der Waals surface area contributed by atoms with E-state index in [-0.39, 0.29) is 65.3 Å². The van der Waals surface area contributed by atoms with Crippen LogP contribution in [-0.4, -0.2) is 115 Å². The number of rotatable bonds is 24. The Kier molecular flexibility index (Phi) is 69.9. The van der Waals surface area contributed by atoms with Crippen molar-refractivity contribution in [3.05, 3.63) is 153 Å². The minimum absolute atomic E-state index is 0.0412. The van der Waals surface area contributed by atoms with Crippen LogP contribution in [0.1, 0.15) is 156 Å². The Labute approximate surface area is 534 Å².